The van der Waals surface area contributed by atoms with Gasteiger partial charge in [0, 0.05) is 38.5 Å². The first-order valence-electron chi connectivity index (χ1n) is 11.1. The molecule has 6 heteroatoms. The standard InChI is InChI=1S/C25H33N3O3/c1-3-21(19-9-5-4-6-10-19)25(30)27-20-13-16-28(17-14-20)23-12-8-7-11-22(23)24(29)26-15-18-31-2/h4-12,20-21H,3,13-18H2,1-2H3,(H,26,29)(H,27,30). The number of nitrogens with one attached hydrogen (secondary N) is 2. The second-order valence-electron chi connectivity index (χ2n) is 7.91. The number of hydrogen-bond donors (Lipinski definition) is 2. The lowest BCUT2D eigenvalue weighted by atomic mass is 9.94. The Balaban J connectivity index is 1.57. The van der Waals surface area contributed by atoms with Gasteiger partial charge in [-0.2, -0.15) is 0 Å². The number of para-hydroxylation sites is 1. The first kappa shape index (κ1) is 22.8. The average Bonchev–Trinajstić information content (AvgIpc) is 2.81. The zero-order valence-corrected chi connectivity index (χ0v) is 18.5. The molecule has 1 aliphatic heterocycles. The van der Waals surface area contributed by atoms with Crippen molar-refractivity contribution in [3.63, 3.8) is 0 Å². The fourth-order valence-corrected chi connectivity index (χ4v) is 4.13. The number of anilines is 1. The summed E-state index contributed by atoms with van der Waals surface area (Å²) in [4.78, 5) is 27.7. The number of amides is 2. The smallest absolute Gasteiger partial charge is 0.253 e. The Kier molecular flexibility index (Phi) is 8.47. The molecule has 3 rings (SSSR count). The lowest BCUT2D eigenvalue weighted by Gasteiger charge is -2.35. The first-order valence-corrected chi connectivity index (χ1v) is 11.1. The maximum atomic E-state index is 12.9. The number of nitrogens with zero attached hydrogens (tertiary/aromatic N) is 1. The summed E-state index contributed by atoms with van der Waals surface area (Å²) in [5, 5.41) is 6.15. The Morgan fingerprint density at radius 3 is 2.42 bits per heavy atom. The van der Waals surface area contributed by atoms with E-state index in [1.54, 1.807) is 7.11 Å². The molecule has 166 valence electrons. The lowest BCUT2D eigenvalue weighted by molar-refractivity contribution is -0.123. The van der Waals surface area contributed by atoms with E-state index in [1.807, 2.05) is 54.6 Å². The third-order valence-electron chi connectivity index (χ3n) is 5.85. The molecule has 0 saturated carbocycles. The molecular formula is C25H33N3O3. The molecule has 2 amide bonds. The van der Waals surface area contributed by atoms with Gasteiger partial charge in [0.15, 0.2) is 0 Å². The number of carbonyl (C=O) groups excluding carboxylic acids is 2. The highest BCUT2D eigenvalue weighted by atomic mass is 16.5. The molecule has 2 aromatic rings. The minimum absolute atomic E-state index is 0.0864. The molecule has 1 atom stereocenters. The van der Waals surface area contributed by atoms with E-state index in [9.17, 15) is 9.59 Å². The quantitative estimate of drug-likeness (QED) is 0.607. The third kappa shape index (κ3) is 6.07. The molecule has 1 unspecified atom stereocenters. The SMILES string of the molecule is CCC(C(=O)NC1CCN(c2ccccc2C(=O)NCCOC)CC1)c1ccccc1. The summed E-state index contributed by atoms with van der Waals surface area (Å²) >= 11 is 0. The number of ether oxygens (including phenoxy) is 1. The molecular weight excluding hydrogens is 390 g/mol. The summed E-state index contributed by atoms with van der Waals surface area (Å²) in [6.07, 6.45) is 2.49. The number of methoxy groups -OCH3 is 1. The second kappa shape index (κ2) is 11.5. The monoisotopic (exact) mass is 423 g/mol. The van der Waals surface area contributed by atoms with Crippen LogP contribution >= 0.6 is 0 Å². The topological polar surface area (TPSA) is 70.7 Å². The van der Waals surface area contributed by atoms with Crippen LogP contribution in [0.4, 0.5) is 5.69 Å². The summed E-state index contributed by atoms with van der Waals surface area (Å²) in [5.74, 6) is -0.0995. The van der Waals surface area contributed by atoms with Crippen LogP contribution < -0.4 is 15.5 Å². The van der Waals surface area contributed by atoms with Crippen LogP contribution in [0.1, 0.15) is 48.0 Å². The summed E-state index contributed by atoms with van der Waals surface area (Å²) in [6.45, 7) is 4.62. The van der Waals surface area contributed by atoms with Crippen molar-refractivity contribution in [2.45, 2.75) is 38.1 Å². The Bertz CT molecular complexity index is 848. The molecule has 0 aromatic heterocycles. The summed E-state index contributed by atoms with van der Waals surface area (Å²) in [5.41, 5.74) is 2.68. The molecule has 2 N–H and O–H groups in total. The molecule has 1 aliphatic rings. The van der Waals surface area contributed by atoms with Gasteiger partial charge in [0.25, 0.3) is 5.91 Å². The molecule has 31 heavy (non-hydrogen) atoms. The lowest BCUT2D eigenvalue weighted by Crippen LogP contribution is -2.46. The van der Waals surface area contributed by atoms with Gasteiger partial charge in [0.05, 0.1) is 18.1 Å². The third-order valence-corrected chi connectivity index (χ3v) is 5.85. The van der Waals surface area contributed by atoms with Crippen molar-refractivity contribution >= 4 is 17.5 Å². The number of hydrogen-bond acceptors (Lipinski definition) is 4. The van der Waals surface area contributed by atoms with E-state index in [1.165, 1.54) is 0 Å². The number of rotatable bonds is 9. The Hall–Kier alpha value is -2.86. The maximum Gasteiger partial charge on any atom is 0.253 e. The Morgan fingerprint density at radius 2 is 1.74 bits per heavy atom. The van der Waals surface area contributed by atoms with Crippen LogP contribution in [0.2, 0.25) is 0 Å². The van der Waals surface area contributed by atoms with Gasteiger partial charge in [-0.1, -0.05) is 49.4 Å². The van der Waals surface area contributed by atoms with Crippen molar-refractivity contribution in [3.05, 3.63) is 65.7 Å². The van der Waals surface area contributed by atoms with E-state index in [0.717, 1.165) is 43.6 Å². The molecule has 1 fully saturated rings. The number of benzene rings is 2. The van der Waals surface area contributed by atoms with Crippen molar-refractivity contribution in [2.24, 2.45) is 0 Å². The summed E-state index contributed by atoms with van der Waals surface area (Å²) in [6, 6.07) is 17.8. The molecule has 0 bridgehead atoms. The minimum atomic E-state index is -0.115. The fraction of sp³-hybridized carbons (Fsp3) is 0.440. The van der Waals surface area contributed by atoms with Gasteiger partial charge < -0.3 is 20.3 Å². The Labute approximate surface area is 185 Å². The van der Waals surface area contributed by atoms with Crippen LogP contribution in [0.15, 0.2) is 54.6 Å². The van der Waals surface area contributed by atoms with Gasteiger partial charge in [-0.25, -0.2) is 0 Å². The molecule has 2 aromatic carbocycles. The van der Waals surface area contributed by atoms with E-state index < -0.39 is 0 Å². The fourth-order valence-electron chi connectivity index (χ4n) is 4.13. The Morgan fingerprint density at radius 1 is 1.06 bits per heavy atom. The zero-order valence-electron chi connectivity index (χ0n) is 18.5. The van der Waals surface area contributed by atoms with Gasteiger partial charge >= 0.3 is 0 Å². The van der Waals surface area contributed by atoms with Gasteiger partial charge in [-0.3, -0.25) is 9.59 Å². The van der Waals surface area contributed by atoms with Crippen LogP contribution in [0.25, 0.3) is 0 Å². The van der Waals surface area contributed by atoms with Gasteiger partial charge in [0.1, 0.15) is 0 Å². The highest BCUT2D eigenvalue weighted by Gasteiger charge is 2.26. The minimum Gasteiger partial charge on any atom is -0.383 e. The van der Waals surface area contributed by atoms with Crippen LogP contribution in [0, 0.1) is 0 Å². The predicted molar refractivity (Wildman–Crippen MR) is 124 cm³/mol. The van der Waals surface area contributed by atoms with Crippen molar-refractivity contribution in [1.82, 2.24) is 10.6 Å². The highest BCUT2D eigenvalue weighted by Crippen LogP contribution is 2.25. The first-order chi connectivity index (χ1) is 15.1. The van der Waals surface area contributed by atoms with Crippen LogP contribution in [-0.4, -0.2) is 51.2 Å². The normalized spacial score (nSPS) is 15.4. The molecule has 0 spiro atoms. The molecule has 1 saturated heterocycles. The number of carbonyl (C=O) groups is 2. The van der Waals surface area contributed by atoms with Gasteiger partial charge in [-0.05, 0) is 37.0 Å². The average molecular weight is 424 g/mol. The van der Waals surface area contributed by atoms with E-state index in [-0.39, 0.29) is 23.8 Å². The van der Waals surface area contributed by atoms with Crippen LogP contribution in [0.5, 0.6) is 0 Å². The van der Waals surface area contributed by atoms with Crippen molar-refractivity contribution in [1.29, 1.82) is 0 Å². The van der Waals surface area contributed by atoms with Crippen molar-refractivity contribution in [2.75, 3.05) is 38.3 Å². The van der Waals surface area contributed by atoms with Crippen LogP contribution in [-0.2, 0) is 9.53 Å². The van der Waals surface area contributed by atoms with Gasteiger partial charge in [-0.15, -0.1) is 0 Å². The molecule has 0 radical (unpaired) electrons. The maximum absolute atomic E-state index is 12.9. The van der Waals surface area contributed by atoms with Gasteiger partial charge in [0.2, 0.25) is 5.91 Å². The second-order valence-corrected chi connectivity index (χ2v) is 7.91. The van der Waals surface area contributed by atoms with Crippen molar-refractivity contribution in [3.8, 4) is 0 Å². The van der Waals surface area contributed by atoms with E-state index in [4.69, 9.17) is 4.74 Å². The zero-order chi connectivity index (χ0) is 22.1. The summed E-state index contributed by atoms with van der Waals surface area (Å²) in [7, 11) is 1.62. The van der Waals surface area contributed by atoms with Crippen molar-refractivity contribution < 1.29 is 14.3 Å². The van der Waals surface area contributed by atoms with E-state index in [0.29, 0.717) is 18.7 Å². The largest absolute Gasteiger partial charge is 0.383 e. The highest BCUT2D eigenvalue weighted by molar-refractivity contribution is 5.99. The molecule has 1 heterocycles. The van der Waals surface area contributed by atoms with E-state index in [2.05, 4.69) is 22.5 Å². The number of piperidine rings is 1. The van der Waals surface area contributed by atoms with Crippen LogP contribution in [0.3, 0.4) is 0 Å². The van der Waals surface area contributed by atoms with E-state index >= 15 is 0 Å². The molecule has 6 nitrogen and oxygen atoms in total. The predicted octanol–water partition coefficient (Wildman–Crippen LogP) is 3.34. The summed E-state index contributed by atoms with van der Waals surface area (Å²) < 4.78 is 5.01. The molecule has 0 aliphatic carbocycles.